The highest BCUT2D eigenvalue weighted by atomic mass is 19.4. The van der Waals surface area contributed by atoms with Crippen LogP contribution in [-0.4, -0.2) is 69.1 Å². The number of amides is 1. The van der Waals surface area contributed by atoms with E-state index < -0.39 is 58.8 Å². The maximum absolute atomic E-state index is 13.2. The van der Waals surface area contributed by atoms with Crippen LogP contribution in [0.15, 0.2) is 30.5 Å². The third kappa shape index (κ3) is 6.56. The third-order valence-electron chi connectivity index (χ3n) is 6.05. The van der Waals surface area contributed by atoms with Gasteiger partial charge in [0, 0.05) is 18.7 Å². The number of alkyl halides is 6. The van der Waals surface area contributed by atoms with E-state index in [-0.39, 0.29) is 17.0 Å². The average Bonchev–Trinajstić information content (AvgIpc) is 3.47. The number of hydrogen-bond acceptors (Lipinski definition) is 9. The summed E-state index contributed by atoms with van der Waals surface area (Å²) in [6.45, 7) is 5.20. The van der Waals surface area contributed by atoms with Gasteiger partial charge in [0.1, 0.15) is 5.82 Å². The molecule has 2 aromatic heterocycles. The smallest absolute Gasteiger partial charge is 0.416 e. The monoisotopic (exact) mass is 603 g/mol. The number of fused-ring (bicyclic) bond motifs is 1. The lowest BCUT2D eigenvalue weighted by atomic mass is 9.85. The number of aliphatic hydroxyl groups is 1. The first-order valence-corrected chi connectivity index (χ1v) is 12.2. The normalized spacial score (nSPS) is 16.0. The average molecular weight is 603 g/mol. The molecule has 0 radical (unpaired) electrons. The molecule has 0 bridgehead atoms. The number of esters is 2. The van der Waals surface area contributed by atoms with E-state index in [1.165, 1.54) is 31.5 Å². The maximum atomic E-state index is 13.2. The van der Waals surface area contributed by atoms with Gasteiger partial charge in [0.2, 0.25) is 0 Å². The van der Waals surface area contributed by atoms with Crippen molar-refractivity contribution in [3.63, 3.8) is 0 Å². The molecule has 1 amide bonds. The van der Waals surface area contributed by atoms with Crippen LogP contribution in [0, 0.1) is 0 Å². The maximum Gasteiger partial charge on any atom is 0.491 e. The summed E-state index contributed by atoms with van der Waals surface area (Å²) in [5, 5.41) is 16.4. The molecular formula is C25H23F6N5O6. The van der Waals surface area contributed by atoms with Gasteiger partial charge in [0.15, 0.2) is 23.0 Å². The number of anilines is 2. The standard InChI is InChI=1S/C25H23F6N5O6/c1-23(2,3)14-5-4-13(18(41-21(39)24(26,27)28)19(14)42-22(40)25(29,30)31)20(38)33-15-11-36-16(32-15)6-7-17(34-36)35-9-8-12(37)10-35/h4-7,11-12,37H,8-10H2,1-3H3,(H,33,38). The fraction of sp³-hybridized carbons (Fsp3) is 0.400. The SMILES string of the molecule is CC(C)(C)c1ccc(C(=O)Nc2cn3nc(N4CCC(O)C4)ccc3n2)c(OC(=O)C(F)(F)F)c1OC(=O)C(F)(F)F. The van der Waals surface area contributed by atoms with Crippen LogP contribution in [0.4, 0.5) is 38.0 Å². The van der Waals surface area contributed by atoms with Crippen LogP contribution in [0.3, 0.4) is 0 Å². The first-order valence-electron chi connectivity index (χ1n) is 12.2. The summed E-state index contributed by atoms with van der Waals surface area (Å²) in [7, 11) is 0. The van der Waals surface area contributed by atoms with E-state index in [2.05, 4.69) is 24.9 Å². The van der Waals surface area contributed by atoms with Crippen molar-refractivity contribution in [3.05, 3.63) is 41.6 Å². The number of benzene rings is 1. The Morgan fingerprint density at radius 3 is 2.12 bits per heavy atom. The molecule has 0 aliphatic carbocycles. The minimum absolute atomic E-state index is 0.173. The van der Waals surface area contributed by atoms with E-state index in [1.807, 2.05) is 4.90 Å². The molecule has 3 aromatic rings. The van der Waals surface area contributed by atoms with E-state index in [0.717, 1.165) is 12.1 Å². The van der Waals surface area contributed by atoms with Gasteiger partial charge in [-0.25, -0.2) is 19.1 Å². The van der Waals surface area contributed by atoms with Gasteiger partial charge in [-0.1, -0.05) is 26.8 Å². The van der Waals surface area contributed by atoms with Crippen molar-refractivity contribution in [2.75, 3.05) is 23.3 Å². The van der Waals surface area contributed by atoms with Crippen molar-refractivity contribution >= 4 is 35.1 Å². The van der Waals surface area contributed by atoms with Crippen LogP contribution in [0.2, 0.25) is 0 Å². The van der Waals surface area contributed by atoms with Gasteiger partial charge in [0.25, 0.3) is 5.91 Å². The van der Waals surface area contributed by atoms with E-state index in [1.54, 1.807) is 12.1 Å². The molecule has 1 atom stereocenters. The highest BCUT2D eigenvalue weighted by Gasteiger charge is 2.45. The minimum Gasteiger partial charge on any atom is -0.416 e. The van der Waals surface area contributed by atoms with Crippen molar-refractivity contribution in [1.82, 2.24) is 14.6 Å². The molecule has 0 spiro atoms. The fourth-order valence-corrected chi connectivity index (χ4v) is 4.07. The Bertz CT molecular complexity index is 1550. The second-order valence-electron chi connectivity index (χ2n) is 10.3. The molecule has 1 fully saturated rings. The van der Waals surface area contributed by atoms with Crippen LogP contribution in [-0.2, 0) is 15.0 Å². The number of hydrogen-bond donors (Lipinski definition) is 2. The zero-order valence-electron chi connectivity index (χ0n) is 22.1. The Hall–Kier alpha value is -4.41. The lowest BCUT2D eigenvalue weighted by molar-refractivity contribution is -0.191. The molecule has 1 aliphatic heterocycles. The van der Waals surface area contributed by atoms with Crippen molar-refractivity contribution < 1.29 is 55.3 Å². The van der Waals surface area contributed by atoms with Crippen LogP contribution in [0.25, 0.3) is 5.65 Å². The molecule has 42 heavy (non-hydrogen) atoms. The molecule has 1 aliphatic rings. The number of nitrogens with one attached hydrogen (secondary N) is 1. The summed E-state index contributed by atoms with van der Waals surface area (Å²) in [5.74, 6) is -9.17. The molecule has 4 rings (SSSR count). The molecule has 1 saturated heterocycles. The Labute approximate surface area is 233 Å². The lowest BCUT2D eigenvalue weighted by Crippen LogP contribution is -2.32. The zero-order chi connectivity index (χ0) is 31.2. The van der Waals surface area contributed by atoms with E-state index in [9.17, 15) is 45.8 Å². The molecule has 3 heterocycles. The summed E-state index contributed by atoms with van der Waals surface area (Å²) in [6.07, 6.45) is -9.92. The number of rotatable bonds is 5. The Morgan fingerprint density at radius 1 is 0.952 bits per heavy atom. The summed E-state index contributed by atoms with van der Waals surface area (Å²) >= 11 is 0. The number of nitrogens with zero attached hydrogens (tertiary/aromatic N) is 4. The summed E-state index contributed by atoms with van der Waals surface area (Å²) < 4.78 is 88.6. The van der Waals surface area contributed by atoms with Gasteiger partial charge < -0.3 is 24.8 Å². The van der Waals surface area contributed by atoms with Gasteiger partial charge >= 0.3 is 24.3 Å². The molecule has 11 nitrogen and oxygen atoms in total. The quantitative estimate of drug-likeness (QED) is 0.254. The zero-order valence-corrected chi connectivity index (χ0v) is 22.1. The first kappa shape index (κ1) is 30.5. The Kier molecular flexibility index (Phi) is 7.84. The van der Waals surface area contributed by atoms with E-state index in [0.29, 0.717) is 25.3 Å². The molecular weight excluding hydrogens is 580 g/mol. The largest absolute Gasteiger partial charge is 0.491 e. The molecule has 0 saturated carbocycles. The lowest BCUT2D eigenvalue weighted by Gasteiger charge is -2.25. The topological polar surface area (TPSA) is 135 Å². The fourth-order valence-electron chi connectivity index (χ4n) is 4.07. The van der Waals surface area contributed by atoms with Crippen molar-refractivity contribution in [2.45, 2.75) is 51.1 Å². The molecule has 17 heteroatoms. The molecule has 226 valence electrons. The van der Waals surface area contributed by atoms with Gasteiger partial charge in [-0.15, -0.1) is 5.10 Å². The number of halogens is 6. The molecule has 1 aromatic carbocycles. The third-order valence-corrected chi connectivity index (χ3v) is 6.05. The number of aromatic nitrogens is 3. The Morgan fingerprint density at radius 2 is 1.57 bits per heavy atom. The molecule has 1 unspecified atom stereocenters. The predicted octanol–water partition coefficient (Wildman–Crippen LogP) is 3.79. The van der Waals surface area contributed by atoms with E-state index >= 15 is 0 Å². The summed E-state index contributed by atoms with van der Waals surface area (Å²) in [4.78, 5) is 42.6. The highest BCUT2D eigenvalue weighted by Crippen LogP contribution is 2.43. The number of ether oxygens (including phenoxy) is 2. The van der Waals surface area contributed by atoms with Crippen molar-refractivity contribution in [2.24, 2.45) is 0 Å². The van der Waals surface area contributed by atoms with Gasteiger partial charge in [0.05, 0.1) is 17.9 Å². The van der Waals surface area contributed by atoms with Crippen molar-refractivity contribution in [1.29, 1.82) is 0 Å². The summed E-state index contributed by atoms with van der Waals surface area (Å²) in [5.41, 5.74) is -2.05. The highest BCUT2D eigenvalue weighted by molar-refractivity contribution is 6.07. The number of β-amino-alcohol motifs (C(OH)–C–C–N with tert-alkyl or cyclic N) is 1. The van der Waals surface area contributed by atoms with Gasteiger partial charge in [-0.05, 0) is 30.0 Å². The predicted molar refractivity (Wildman–Crippen MR) is 132 cm³/mol. The van der Waals surface area contributed by atoms with Gasteiger partial charge in [-0.2, -0.15) is 26.3 Å². The minimum atomic E-state index is -5.62. The van der Waals surface area contributed by atoms with Gasteiger partial charge in [-0.3, -0.25) is 4.79 Å². The van der Waals surface area contributed by atoms with Crippen LogP contribution in [0.5, 0.6) is 11.5 Å². The molecule has 2 N–H and O–H groups in total. The second-order valence-corrected chi connectivity index (χ2v) is 10.3. The Balaban J connectivity index is 1.75. The number of imidazole rings is 1. The second kappa shape index (κ2) is 10.8. The van der Waals surface area contributed by atoms with E-state index in [4.69, 9.17) is 0 Å². The van der Waals surface area contributed by atoms with Crippen LogP contribution in [0.1, 0.15) is 43.1 Å². The number of carbonyl (C=O) groups is 3. The first-order chi connectivity index (χ1) is 19.3. The van der Waals surface area contributed by atoms with Crippen molar-refractivity contribution in [3.8, 4) is 11.5 Å². The van der Waals surface area contributed by atoms with Crippen LogP contribution < -0.4 is 19.7 Å². The van der Waals surface area contributed by atoms with Crippen LogP contribution >= 0.6 is 0 Å². The number of aliphatic hydroxyl groups excluding tert-OH is 1. The number of carbonyl (C=O) groups excluding carboxylic acids is 3. The summed E-state index contributed by atoms with van der Waals surface area (Å²) in [6, 6.07) is 5.13.